The van der Waals surface area contributed by atoms with Crippen LogP contribution in [-0.4, -0.2) is 92.9 Å². The van der Waals surface area contributed by atoms with Gasteiger partial charge >= 0.3 is 11.9 Å². The van der Waals surface area contributed by atoms with Gasteiger partial charge in [0.1, 0.15) is 24.2 Å². The van der Waals surface area contributed by atoms with Crippen LogP contribution in [0, 0.1) is 11.8 Å². The van der Waals surface area contributed by atoms with Crippen LogP contribution >= 0.6 is 11.8 Å². The molecule has 14 nitrogen and oxygen atoms in total. The number of aliphatic carboxylic acids is 2. The quantitative estimate of drug-likeness (QED) is 0.110. The first-order valence-electron chi connectivity index (χ1n) is 12.9. The predicted molar refractivity (Wildman–Crippen MR) is 140 cm³/mol. The Balaban J connectivity index is 1.83. The Kier molecular flexibility index (Phi) is 10.1. The second-order valence-corrected chi connectivity index (χ2v) is 11.2. The molecule has 0 bridgehead atoms. The number of nitrogens with two attached hydrogens (primary N) is 1. The third kappa shape index (κ3) is 6.36. The van der Waals surface area contributed by atoms with E-state index in [4.69, 9.17) is 20.7 Å². The molecule has 3 aliphatic rings. The van der Waals surface area contributed by atoms with Crippen LogP contribution in [0.15, 0.2) is 12.2 Å². The van der Waals surface area contributed by atoms with Gasteiger partial charge in [-0.15, -0.1) is 0 Å². The van der Waals surface area contributed by atoms with Gasteiger partial charge in [-0.3, -0.25) is 33.6 Å². The van der Waals surface area contributed by atoms with Crippen molar-refractivity contribution in [3.05, 3.63) is 12.2 Å². The van der Waals surface area contributed by atoms with Crippen molar-refractivity contribution >= 4 is 52.3 Å². The van der Waals surface area contributed by atoms with Crippen molar-refractivity contribution < 1.29 is 48.5 Å². The summed E-state index contributed by atoms with van der Waals surface area (Å²) in [6.07, 6.45) is 5.30. The largest absolute Gasteiger partial charge is 0.480 e. The fourth-order valence-corrected chi connectivity index (χ4v) is 6.42. The molecule has 2 unspecified atom stereocenters. The summed E-state index contributed by atoms with van der Waals surface area (Å²) in [4.78, 5) is 87.8. The third-order valence-corrected chi connectivity index (χ3v) is 8.63. The number of ketones is 1. The molecule has 0 aromatic rings. The van der Waals surface area contributed by atoms with Gasteiger partial charge in [-0.25, -0.2) is 0 Å². The van der Waals surface area contributed by atoms with Gasteiger partial charge in [0, 0.05) is 24.7 Å². The number of carboxylic acids is 2. The first-order valence-corrected chi connectivity index (χ1v) is 13.9. The zero-order chi connectivity index (χ0) is 29.7. The van der Waals surface area contributed by atoms with Gasteiger partial charge in [-0.2, -0.15) is 0 Å². The second-order valence-electron chi connectivity index (χ2n) is 10.2. The Labute approximate surface area is 234 Å². The van der Waals surface area contributed by atoms with Crippen molar-refractivity contribution in [2.24, 2.45) is 17.6 Å². The molecule has 6 atom stereocenters. The van der Waals surface area contributed by atoms with Gasteiger partial charge in [0.2, 0.25) is 22.8 Å². The van der Waals surface area contributed by atoms with Crippen molar-refractivity contribution in [1.29, 1.82) is 0 Å². The molecule has 40 heavy (non-hydrogen) atoms. The van der Waals surface area contributed by atoms with Crippen LogP contribution in [-0.2, 0) is 38.3 Å². The van der Waals surface area contributed by atoms with Crippen LogP contribution in [0.2, 0.25) is 0 Å². The second kappa shape index (κ2) is 12.9. The number of hydrogen-bond acceptors (Lipinski definition) is 10. The number of rotatable bonds is 13. The number of fused-ring (bicyclic) bond motifs is 1. The molecule has 0 spiro atoms. The van der Waals surface area contributed by atoms with Gasteiger partial charge in [0.05, 0.1) is 5.92 Å². The average molecular weight is 583 g/mol. The van der Waals surface area contributed by atoms with Gasteiger partial charge in [-0.05, 0) is 39.0 Å². The van der Waals surface area contributed by atoms with Crippen molar-refractivity contribution in [2.75, 3.05) is 18.9 Å². The Morgan fingerprint density at radius 1 is 1.23 bits per heavy atom. The topological polar surface area (TPSA) is 231 Å². The zero-order valence-electron chi connectivity index (χ0n) is 22.0. The van der Waals surface area contributed by atoms with Crippen LogP contribution in [0.25, 0.3) is 0 Å². The van der Waals surface area contributed by atoms with Crippen molar-refractivity contribution in [3.63, 3.8) is 0 Å². The molecule has 0 aromatic carbocycles. The lowest BCUT2D eigenvalue weighted by Gasteiger charge is -2.40. The molecule has 3 amide bonds. The van der Waals surface area contributed by atoms with E-state index >= 15 is 0 Å². The van der Waals surface area contributed by atoms with Crippen LogP contribution < -0.4 is 21.7 Å². The fraction of sp³-hybridized carbons (Fsp3) is 0.640. The lowest BCUT2D eigenvalue weighted by molar-refractivity contribution is -0.147. The Morgan fingerprint density at radius 3 is 2.58 bits per heavy atom. The van der Waals surface area contributed by atoms with Crippen molar-refractivity contribution in [1.82, 2.24) is 16.0 Å². The number of carbonyl (C=O) groups is 7. The average Bonchev–Trinajstić information content (AvgIpc) is 3.42. The summed E-state index contributed by atoms with van der Waals surface area (Å²) in [5, 5.41) is 24.2. The number of hydrogen-bond donors (Lipinski definition) is 6. The molecule has 3 rings (SSSR count). The number of ether oxygens (including phenoxy) is 1. The highest BCUT2D eigenvalue weighted by Crippen LogP contribution is 2.49. The van der Waals surface area contributed by atoms with E-state index in [1.165, 1.54) is 0 Å². The van der Waals surface area contributed by atoms with Crippen LogP contribution in [0.5, 0.6) is 0 Å². The standard InChI is InChI=1S/C25H34N4O10S/c1-24-14(9-10-39-24)20(34)29-25(24,19(33)13-5-3-2-4-6-13)23(38)40-12-16(21(35)27-11-18(31)32)28-17(30)8-7-15(26)22(36)37/h3,5,13-16H,2,4,6-12,26H2,1H3,(H,27,35)(H,28,30)(H,29,34)(H,31,32)(H,36,37)/t13-,14+,15?,16?,24+,25+/m1/s1. The van der Waals surface area contributed by atoms with E-state index < -0.39 is 87.9 Å². The van der Waals surface area contributed by atoms with Gasteiger partial charge in [-0.1, -0.05) is 23.9 Å². The third-order valence-electron chi connectivity index (χ3n) is 7.56. The maximum absolute atomic E-state index is 13.9. The molecule has 2 fully saturated rings. The Bertz CT molecular complexity index is 1110. The molecule has 1 aliphatic carbocycles. The molecular weight excluding hydrogens is 548 g/mol. The van der Waals surface area contributed by atoms with Gasteiger partial charge in [0.25, 0.3) is 0 Å². The smallest absolute Gasteiger partial charge is 0.322 e. The molecule has 0 radical (unpaired) electrons. The highest BCUT2D eigenvalue weighted by molar-refractivity contribution is 8.14. The number of carboxylic acid groups (broad SMARTS) is 2. The van der Waals surface area contributed by atoms with Crippen molar-refractivity contribution in [2.45, 2.75) is 68.7 Å². The van der Waals surface area contributed by atoms with Crippen LogP contribution in [0.4, 0.5) is 0 Å². The molecule has 2 saturated heterocycles. The Morgan fingerprint density at radius 2 is 1.95 bits per heavy atom. The first kappa shape index (κ1) is 31.2. The number of allylic oxidation sites excluding steroid dienone is 2. The SMILES string of the molecule is C[C@]12OCC[C@H]1C(=O)N[C@]2(C(=O)SCC(NC(=O)CCC(N)C(=O)O)C(=O)NCC(=O)O)C(=O)[C@@H]1C=CCCC1. The highest BCUT2D eigenvalue weighted by Gasteiger charge is 2.72. The maximum Gasteiger partial charge on any atom is 0.322 e. The lowest BCUT2D eigenvalue weighted by Crippen LogP contribution is -2.68. The van der Waals surface area contributed by atoms with E-state index in [-0.39, 0.29) is 19.4 Å². The summed E-state index contributed by atoms with van der Waals surface area (Å²) < 4.78 is 5.90. The van der Waals surface area contributed by atoms with E-state index in [2.05, 4.69) is 16.0 Å². The summed E-state index contributed by atoms with van der Waals surface area (Å²) in [5.41, 5.74) is 1.92. The minimum atomic E-state index is -2.04. The summed E-state index contributed by atoms with van der Waals surface area (Å²) >= 11 is 0.536. The van der Waals surface area contributed by atoms with Crippen LogP contribution in [0.3, 0.4) is 0 Å². The molecule has 15 heteroatoms. The number of carbonyl (C=O) groups excluding carboxylic acids is 5. The van der Waals surface area contributed by atoms with E-state index in [9.17, 15) is 33.6 Å². The van der Waals surface area contributed by atoms with E-state index in [1.54, 1.807) is 13.0 Å². The molecule has 0 aromatic heterocycles. The first-order chi connectivity index (χ1) is 18.8. The minimum absolute atomic E-state index is 0.177. The van der Waals surface area contributed by atoms with E-state index in [0.717, 1.165) is 12.8 Å². The molecule has 7 N–H and O–H groups in total. The fourth-order valence-electron chi connectivity index (χ4n) is 5.29. The molecule has 2 heterocycles. The zero-order valence-corrected chi connectivity index (χ0v) is 22.8. The van der Waals surface area contributed by atoms with Gasteiger partial charge < -0.3 is 36.6 Å². The molecule has 0 saturated carbocycles. The molecule has 220 valence electrons. The predicted octanol–water partition coefficient (Wildman–Crippen LogP) is -1.29. The highest BCUT2D eigenvalue weighted by atomic mass is 32.2. The minimum Gasteiger partial charge on any atom is -0.480 e. The Hall–Kier alpha value is -3.30. The van der Waals surface area contributed by atoms with E-state index in [1.807, 2.05) is 6.08 Å². The number of amides is 3. The molecule has 2 aliphatic heterocycles. The monoisotopic (exact) mass is 582 g/mol. The van der Waals surface area contributed by atoms with Crippen molar-refractivity contribution in [3.8, 4) is 0 Å². The summed E-state index contributed by atoms with van der Waals surface area (Å²) in [6.45, 7) is 0.973. The van der Waals surface area contributed by atoms with Gasteiger partial charge in [0.15, 0.2) is 11.3 Å². The summed E-state index contributed by atoms with van der Waals surface area (Å²) in [7, 11) is 0. The van der Waals surface area contributed by atoms with E-state index in [0.29, 0.717) is 24.6 Å². The number of Topliss-reactive ketones (excluding diaryl/α,β-unsaturated/α-hetero) is 1. The number of nitrogens with one attached hydrogen (secondary N) is 3. The summed E-state index contributed by atoms with van der Waals surface area (Å²) in [5.74, 6) is -7.09. The summed E-state index contributed by atoms with van der Waals surface area (Å²) in [6, 6.07) is -2.74. The maximum atomic E-state index is 13.9. The normalized spacial score (nSPS) is 28.6. The molecular formula is C25H34N4O10S. The number of thioether (sulfide) groups is 1. The van der Waals surface area contributed by atoms with Crippen LogP contribution in [0.1, 0.15) is 45.4 Å². The lowest BCUT2D eigenvalue weighted by atomic mass is 9.71.